The average molecular weight is 711 g/mol. The van der Waals surface area contributed by atoms with E-state index < -0.39 is 56.1 Å². The fourth-order valence-electron chi connectivity index (χ4n) is 3.73. The van der Waals surface area contributed by atoms with Crippen LogP contribution < -0.4 is 18.1 Å². The number of hydrogen-bond donors (Lipinski definition) is 1. The molecule has 2 atom stereocenters. The van der Waals surface area contributed by atoms with Crippen LogP contribution in [0.4, 0.5) is 22.0 Å². The SMILES string of the molecule is Cc1c[c-]c(C(C)C)cc1.N[C@@H](c1ccccc1)[C@@H]([N-]S(=O)(=O)c1c(F)c(F)c(F)c(F)c1F)c1ccccc1.[Cl-].[Ru+3]. The number of benzene rings is 4. The summed E-state index contributed by atoms with van der Waals surface area (Å²) in [4.78, 5) is -2.03. The van der Waals surface area contributed by atoms with Crippen molar-refractivity contribution in [1.82, 2.24) is 0 Å². The molecule has 0 heterocycles. The molecule has 4 aromatic rings. The molecule has 4 aromatic carbocycles. The molecule has 225 valence electrons. The summed E-state index contributed by atoms with van der Waals surface area (Å²) in [7, 11) is -5.34. The van der Waals surface area contributed by atoms with Crippen LogP contribution in [0.1, 0.15) is 54.1 Å². The molecular weight excluding hydrogens is 684 g/mol. The van der Waals surface area contributed by atoms with Gasteiger partial charge in [-0.1, -0.05) is 93.0 Å². The summed E-state index contributed by atoms with van der Waals surface area (Å²) in [5.41, 5.74) is 9.45. The van der Waals surface area contributed by atoms with Crippen molar-refractivity contribution in [3.05, 3.63) is 141 Å². The van der Waals surface area contributed by atoms with Crippen molar-refractivity contribution in [2.75, 3.05) is 0 Å². The van der Waals surface area contributed by atoms with Crippen molar-refractivity contribution >= 4 is 10.0 Å². The van der Waals surface area contributed by atoms with Crippen LogP contribution in [0.3, 0.4) is 0 Å². The predicted octanol–water partition coefficient (Wildman–Crippen LogP) is 4.81. The zero-order chi connectivity index (χ0) is 29.6. The van der Waals surface area contributed by atoms with Crippen molar-refractivity contribution in [3.63, 3.8) is 0 Å². The standard InChI is InChI=1S/C20H14F5N2O2S.C10H13.ClH.Ru/c21-13-14(22)16(24)20(17(25)15(13)23)30(28,29)27-19(12-9-5-2-6-10-12)18(26)11-7-3-1-4-8-11;1-8(2)10-6-4-9(3)5-7-10;;/h1-10,18-19H,26H2;4-6,8H,1-3H3;1H;/q2*-1;;+3/p-1/t18-,19-;;;/m0.../s1. The second kappa shape index (κ2) is 16.2. The van der Waals surface area contributed by atoms with Gasteiger partial charge in [-0.15, -0.1) is 0 Å². The largest absolute Gasteiger partial charge is 3.00 e. The number of sulfonamides is 1. The molecule has 42 heavy (non-hydrogen) atoms. The molecule has 0 aromatic heterocycles. The quantitative estimate of drug-likeness (QED) is 0.0985. The van der Waals surface area contributed by atoms with Crippen molar-refractivity contribution < 1.29 is 62.3 Å². The van der Waals surface area contributed by atoms with Crippen LogP contribution in [-0.2, 0) is 29.5 Å². The van der Waals surface area contributed by atoms with E-state index in [-0.39, 0.29) is 37.4 Å². The van der Waals surface area contributed by atoms with Gasteiger partial charge in [0.25, 0.3) is 0 Å². The zero-order valence-corrected chi connectivity index (χ0v) is 25.9. The van der Waals surface area contributed by atoms with Crippen molar-refractivity contribution in [1.29, 1.82) is 0 Å². The molecule has 2 N–H and O–H groups in total. The minimum Gasteiger partial charge on any atom is -1.00 e. The van der Waals surface area contributed by atoms with Gasteiger partial charge in [0, 0.05) is 6.04 Å². The van der Waals surface area contributed by atoms with Gasteiger partial charge in [0.15, 0.2) is 23.3 Å². The Balaban J connectivity index is 0.000000626. The van der Waals surface area contributed by atoms with Gasteiger partial charge in [0.05, 0.1) is 0 Å². The first-order valence-electron chi connectivity index (χ1n) is 12.2. The molecule has 4 rings (SSSR count). The van der Waals surface area contributed by atoms with E-state index in [4.69, 9.17) is 5.73 Å². The smallest absolute Gasteiger partial charge is 1.00 e. The Kier molecular flexibility index (Phi) is 14.4. The van der Waals surface area contributed by atoms with E-state index in [2.05, 4.69) is 43.7 Å². The third kappa shape index (κ3) is 8.91. The summed E-state index contributed by atoms with van der Waals surface area (Å²) >= 11 is 0. The van der Waals surface area contributed by atoms with Crippen LogP contribution in [0, 0.1) is 42.1 Å². The van der Waals surface area contributed by atoms with Crippen LogP contribution in [0.25, 0.3) is 4.72 Å². The van der Waals surface area contributed by atoms with Crippen LogP contribution >= 0.6 is 0 Å². The summed E-state index contributed by atoms with van der Waals surface area (Å²) in [6.07, 6.45) is 0. The van der Waals surface area contributed by atoms with Crippen molar-refractivity contribution in [2.24, 2.45) is 5.73 Å². The number of aryl methyl sites for hydroxylation is 1. The maximum absolute atomic E-state index is 14.1. The number of nitrogens with zero attached hydrogens (tertiary/aromatic N) is 1. The Bertz CT molecular complexity index is 1520. The molecule has 0 amide bonds. The first-order chi connectivity index (χ1) is 18.8. The van der Waals surface area contributed by atoms with Crippen molar-refractivity contribution in [3.8, 4) is 0 Å². The Morgan fingerprint density at radius 3 is 1.62 bits per heavy atom. The first-order valence-corrected chi connectivity index (χ1v) is 13.6. The van der Waals surface area contributed by atoms with Gasteiger partial charge >= 0.3 is 19.5 Å². The third-order valence-corrected chi connectivity index (χ3v) is 7.34. The van der Waals surface area contributed by atoms with E-state index in [0.717, 1.165) is 0 Å². The van der Waals surface area contributed by atoms with E-state index in [9.17, 15) is 30.4 Å². The second-order valence-electron chi connectivity index (χ2n) is 9.25. The van der Waals surface area contributed by atoms with Gasteiger partial charge in [-0.2, -0.15) is 35.4 Å². The molecule has 0 aliphatic rings. The number of rotatable bonds is 7. The van der Waals surface area contributed by atoms with Crippen LogP contribution in [0.2, 0.25) is 0 Å². The normalized spacial score (nSPS) is 12.3. The number of hydrogen-bond acceptors (Lipinski definition) is 3. The predicted molar refractivity (Wildman–Crippen MR) is 143 cm³/mol. The minimum absolute atomic E-state index is 0. The molecular formula is C30H27ClF5N2O2RuS. The van der Waals surface area contributed by atoms with E-state index in [1.165, 1.54) is 23.3 Å². The van der Waals surface area contributed by atoms with Gasteiger partial charge in [-0.25, -0.2) is 30.4 Å². The van der Waals surface area contributed by atoms with Crippen molar-refractivity contribution in [2.45, 2.75) is 43.7 Å². The monoisotopic (exact) mass is 711 g/mol. The average Bonchev–Trinajstić information content (AvgIpc) is 2.95. The summed E-state index contributed by atoms with van der Waals surface area (Å²) < 4.78 is 97.3. The molecule has 0 saturated heterocycles. The van der Waals surface area contributed by atoms with E-state index in [1.807, 2.05) is 6.07 Å². The van der Waals surface area contributed by atoms with E-state index in [1.54, 1.807) is 48.5 Å². The van der Waals surface area contributed by atoms with Crippen LogP contribution in [0.15, 0.2) is 83.8 Å². The van der Waals surface area contributed by atoms with E-state index in [0.29, 0.717) is 11.5 Å². The fourth-order valence-corrected chi connectivity index (χ4v) is 5.02. The van der Waals surface area contributed by atoms with Gasteiger partial charge in [-0.05, 0) is 11.5 Å². The molecule has 4 nitrogen and oxygen atoms in total. The third-order valence-electron chi connectivity index (χ3n) is 5.96. The fraction of sp³-hybridized carbons (Fsp3) is 0.200. The minimum atomic E-state index is -5.34. The first kappa shape index (κ1) is 37.3. The topological polar surface area (TPSA) is 74.3 Å². The summed E-state index contributed by atoms with van der Waals surface area (Å²) in [5, 5.41) is 0. The molecule has 0 saturated carbocycles. The van der Waals surface area contributed by atoms with Crippen LogP contribution in [-0.4, -0.2) is 8.42 Å². The maximum Gasteiger partial charge on any atom is 3.00 e. The molecule has 0 aliphatic carbocycles. The zero-order valence-electron chi connectivity index (χ0n) is 22.6. The summed E-state index contributed by atoms with van der Waals surface area (Å²) in [6, 6.07) is 22.9. The Morgan fingerprint density at radius 1 is 0.738 bits per heavy atom. The summed E-state index contributed by atoms with van der Waals surface area (Å²) in [5.74, 6) is -11.6. The number of halogens is 6. The molecule has 0 aliphatic heterocycles. The molecule has 0 unspecified atom stereocenters. The molecule has 0 spiro atoms. The maximum atomic E-state index is 14.1. The molecule has 12 heteroatoms. The molecule has 1 radical (unpaired) electrons. The van der Waals surface area contributed by atoms with Gasteiger partial charge in [-0.3, -0.25) is 0 Å². The van der Waals surface area contributed by atoms with Gasteiger partial charge in [0.1, 0.15) is 14.9 Å². The Morgan fingerprint density at radius 2 is 1.19 bits per heavy atom. The second-order valence-corrected chi connectivity index (χ2v) is 10.8. The van der Waals surface area contributed by atoms with E-state index >= 15 is 0 Å². The molecule has 0 fully saturated rings. The van der Waals surface area contributed by atoms with Crippen LogP contribution in [0.5, 0.6) is 0 Å². The van der Waals surface area contributed by atoms with Gasteiger partial charge in [0.2, 0.25) is 5.82 Å². The number of nitrogens with two attached hydrogens (primary N) is 1. The molecule has 0 bridgehead atoms. The Labute approximate surface area is 261 Å². The summed E-state index contributed by atoms with van der Waals surface area (Å²) in [6.45, 7) is 6.45. The Hall–Kier alpha value is -2.69. The van der Waals surface area contributed by atoms with Gasteiger partial charge < -0.3 is 22.9 Å².